The molecule has 0 saturated heterocycles. The average molecular weight is 357 g/mol. The molecule has 0 aliphatic carbocycles. The fourth-order valence-electron chi connectivity index (χ4n) is 1.91. The van der Waals surface area contributed by atoms with Crippen LogP contribution in [0, 0.1) is 0 Å². The van der Waals surface area contributed by atoms with E-state index in [9.17, 15) is 9.59 Å². The van der Waals surface area contributed by atoms with Crippen LogP contribution in [-0.4, -0.2) is 43.6 Å². The molecule has 0 aliphatic heterocycles. The van der Waals surface area contributed by atoms with Crippen LogP contribution < -0.4 is 0 Å². The van der Waals surface area contributed by atoms with E-state index < -0.39 is 31.7 Å². The van der Waals surface area contributed by atoms with Gasteiger partial charge in [-0.05, 0) is 24.9 Å². The molecule has 0 saturated carbocycles. The Morgan fingerprint density at radius 3 is 2.00 bits per heavy atom. The lowest BCUT2D eigenvalue weighted by Crippen LogP contribution is -2.07. The first-order valence-corrected chi connectivity index (χ1v) is 7.50. The van der Waals surface area contributed by atoms with E-state index in [1.165, 1.54) is 30.9 Å². The molecule has 0 amide bonds. The number of rotatable bonds is 6. The number of methoxy groups -OCH3 is 1. The average Bonchev–Trinajstić information content (AvgIpc) is 3.25. The first kappa shape index (κ1) is 11.8. The Bertz CT molecular complexity index is 967. The van der Waals surface area contributed by atoms with Crippen molar-refractivity contribution in [3.63, 3.8) is 0 Å². The minimum Gasteiger partial charge on any atom is -0.477 e. The molecule has 0 aliphatic rings. The molecule has 8 heteroatoms. The maximum atomic E-state index is 11.5. The van der Waals surface area contributed by atoms with Crippen LogP contribution in [0.2, 0.25) is 0 Å². The molecule has 2 rings (SSSR count). The summed E-state index contributed by atoms with van der Waals surface area (Å²) in [5.41, 5.74) is 0.140. The van der Waals surface area contributed by atoms with Crippen LogP contribution >= 0.6 is 0 Å². The smallest absolute Gasteiger partial charge is 0.356 e. The first-order valence-electron chi connectivity index (χ1n) is 11.0. The quantitative estimate of drug-likeness (QED) is 0.796. The number of aromatic carboxylic acids is 1. The number of carbonyl (C=O) groups excluding carboxylic acids is 1. The standard InChI is InChI=1S/C9H14N2O2.C8H12N2O2/c1-4-5-7-6-8(9(12)13-3)11(2)10-7;1-3-4-6-5-7(8(11)12)10(2)9-6/h6H,4-5H2,1-3H3;5H,3-4H2,1-2H3,(H,11,12)/i3D3,5D2;4D2. The molecule has 2 aromatic heterocycles. The molecule has 0 fully saturated rings. The van der Waals surface area contributed by atoms with Crippen LogP contribution in [0.3, 0.4) is 0 Å². The van der Waals surface area contributed by atoms with Crippen molar-refractivity contribution >= 4 is 11.9 Å². The fourth-order valence-corrected chi connectivity index (χ4v) is 1.91. The topological polar surface area (TPSA) is 99.2 Å². The Kier molecular flexibility index (Phi) is 4.55. The van der Waals surface area contributed by atoms with Gasteiger partial charge in [-0.1, -0.05) is 26.7 Å². The van der Waals surface area contributed by atoms with Crippen molar-refractivity contribution in [2.24, 2.45) is 14.1 Å². The molecule has 0 aromatic carbocycles. The number of aromatic nitrogens is 4. The van der Waals surface area contributed by atoms with Crippen molar-refractivity contribution in [3.05, 3.63) is 34.9 Å². The number of aryl methyl sites for hydroxylation is 4. The van der Waals surface area contributed by atoms with Crippen molar-refractivity contribution in [1.29, 1.82) is 0 Å². The van der Waals surface area contributed by atoms with E-state index in [2.05, 4.69) is 14.9 Å². The zero-order chi connectivity index (χ0) is 25.1. The summed E-state index contributed by atoms with van der Waals surface area (Å²) in [6, 6.07) is 2.48. The summed E-state index contributed by atoms with van der Waals surface area (Å²) in [6.45, 7) is 3.34. The van der Waals surface area contributed by atoms with Crippen molar-refractivity contribution in [2.45, 2.75) is 39.4 Å². The lowest BCUT2D eigenvalue weighted by atomic mass is 10.2. The van der Waals surface area contributed by atoms with Gasteiger partial charge in [-0.2, -0.15) is 10.2 Å². The number of carboxylic acids is 1. The van der Waals surface area contributed by atoms with E-state index in [0.29, 0.717) is 0 Å². The molecule has 2 aromatic rings. The number of esters is 1. The molecule has 2 heterocycles. The summed E-state index contributed by atoms with van der Waals surface area (Å²) in [5, 5.41) is 16.4. The summed E-state index contributed by atoms with van der Waals surface area (Å²) < 4.78 is 57.5. The summed E-state index contributed by atoms with van der Waals surface area (Å²) >= 11 is 0. The largest absolute Gasteiger partial charge is 0.477 e. The zero-order valence-corrected chi connectivity index (χ0v) is 14.5. The third-order valence-corrected chi connectivity index (χ3v) is 3.00. The second kappa shape index (κ2) is 9.61. The van der Waals surface area contributed by atoms with E-state index in [1.54, 1.807) is 13.8 Å². The first-order chi connectivity index (χ1) is 14.4. The maximum Gasteiger partial charge on any atom is 0.356 e. The number of carbonyl (C=O) groups is 2. The third kappa shape index (κ3) is 5.74. The Morgan fingerprint density at radius 1 is 1.12 bits per heavy atom. The van der Waals surface area contributed by atoms with Crippen LogP contribution in [0.4, 0.5) is 0 Å². The van der Waals surface area contributed by atoms with E-state index in [1.807, 2.05) is 0 Å². The molecular formula is C17H26N4O4. The molecule has 0 spiro atoms. The molecule has 25 heavy (non-hydrogen) atoms. The van der Waals surface area contributed by atoms with Crippen LogP contribution in [0.5, 0.6) is 0 Å². The predicted molar refractivity (Wildman–Crippen MR) is 92.7 cm³/mol. The van der Waals surface area contributed by atoms with Gasteiger partial charge in [0.05, 0.1) is 22.5 Å². The van der Waals surface area contributed by atoms with Crippen molar-refractivity contribution in [2.75, 3.05) is 7.04 Å². The van der Waals surface area contributed by atoms with Gasteiger partial charge < -0.3 is 9.84 Å². The minimum absolute atomic E-state index is 0.00248. The van der Waals surface area contributed by atoms with Crippen LogP contribution in [0.25, 0.3) is 0 Å². The Hall–Kier alpha value is -2.64. The van der Waals surface area contributed by atoms with Gasteiger partial charge in [0.15, 0.2) is 0 Å². The maximum absolute atomic E-state index is 11.5. The van der Waals surface area contributed by atoms with E-state index in [4.69, 9.17) is 14.7 Å². The summed E-state index contributed by atoms with van der Waals surface area (Å²) in [5.74, 6) is -2.15. The normalized spacial score (nSPS) is 15.9. The molecule has 8 nitrogen and oxygen atoms in total. The van der Waals surface area contributed by atoms with Crippen molar-refractivity contribution in [3.8, 4) is 0 Å². The lowest BCUT2D eigenvalue weighted by molar-refractivity contribution is 0.0587. The van der Waals surface area contributed by atoms with Gasteiger partial charge in [-0.3, -0.25) is 9.36 Å². The van der Waals surface area contributed by atoms with Crippen LogP contribution in [0.15, 0.2) is 12.1 Å². The monoisotopic (exact) mass is 357 g/mol. The molecular weight excluding hydrogens is 324 g/mol. The van der Waals surface area contributed by atoms with Gasteiger partial charge in [0.25, 0.3) is 0 Å². The van der Waals surface area contributed by atoms with Gasteiger partial charge >= 0.3 is 11.9 Å². The predicted octanol–water partition coefficient (Wildman–Crippen LogP) is 2.23. The molecule has 0 bridgehead atoms. The Balaban J connectivity index is 0.000000330. The molecule has 0 atom stereocenters. The van der Waals surface area contributed by atoms with Crippen LogP contribution in [-0.2, 0) is 31.6 Å². The SMILES string of the molecule is [2H]C([2H])(CC)c1cc(C(=O)O)n(C)n1.[2H]C([2H])([2H])OC(=O)c1cc(C([2H])([2H])CC)nn1C. The number of hydrogen-bond donors (Lipinski definition) is 1. The van der Waals surface area contributed by atoms with Gasteiger partial charge in [-0.15, -0.1) is 0 Å². The highest BCUT2D eigenvalue weighted by Crippen LogP contribution is 2.06. The van der Waals surface area contributed by atoms with Crippen molar-refractivity contribution in [1.82, 2.24) is 19.6 Å². The van der Waals surface area contributed by atoms with Gasteiger partial charge in [0.1, 0.15) is 11.4 Å². The molecule has 1 N–H and O–H groups in total. The highest BCUT2D eigenvalue weighted by molar-refractivity contribution is 5.87. The van der Waals surface area contributed by atoms with Gasteiger partial charge in [0, 0.05) is 19.6 Å². The number of nitrogens with zero attached hydrogens (tertiary/aromatic N) is 4. The summed E-state index contributed by atoms with van der Waals surface area (Å²) in [4.78, 5) is 22.2. The highest BCUT2D eigenvalue weighted by Gasteiger charge is 2.12. The molecule has 138 valence electrons. The van der Waals surface area contributed by atoms with Gasteiger partial charge in [0.2, 0.25) is 0 Å². The second-order valence-corrected chi connectivity index (χ2v) is 4.83. The second-order valence-electron chi connectivity index (χ2n) is 4.83. The lowest BCUT2D eigenvalue weighted by Gasteiger charge is -1.96. The number of hydrogen-bond acceptors (Lipinski definition) is 5. The highest BCUT2D eigenvalue weighted by atomic mass is 16.5. The van der Waals surface area contributed by atoms with Crippen molar-refractivity contribution < 1.29 is 29.0 Å². The van der Waals surface area contributed by atoms with E-state index in [0.717, 1.165) is 4.68 Å². The van der Waals surface area contributed by atoms with Gasteiger partial charge in [-0.25, -0.2) is 9.59 Å². The molecule has 0 unspecified atom stereocenters. The minimum atomic E-state index is -2.83. The molecule has 0 radical (unpaired) electrons. The summed E-state index contributed by atoms with van der Waals surface area (Å²) in [7, 11) is 0.0787. The zero-order valence-electron chi connectivity index (χ0n) is 21.5. The summed E-state index contributed by atoms with van der Waals surface area (Å²) in [6.07, 6.45) is -2.78. The fraction of sp³-hybridized carbons (Fsp3) is 0.529. The number of ether oxygens (including phenoxy) is 1. The Labute approximate surface area is 157 Å². The number of carboxylic acid groups (broad SMARTS) is 1. The Morgan fingerprint density at radius 2 is 1.60 bits per heavy atom. The van der Waals surface area contributed by atoms with E-state index in [-0.39, 0.29) is 35.6 Å². The van der Waals surface area contributed by atoms with E-state index >= 15 is 0 Å². The van der Waals surface area contributed by atoms with Crippen LogP contribution in [0.1, 0.15) is 68.6 Å². The third-order valence-electron chi connectivity index (χ3n) is 3.00.